The average Bonchev–Trinajstić information content (AvgIpc) is 2.70. The standard InChI is InChI=1S/C15H30N2/c1-3-5-7-10-16-11-8-15(12-16)13-17(14-15)9-6-4-2/h3-14H2,1-2H3. The van der Waals surface area contributed by atoms with Crippen LogP contribution in [-0.4, -0.2) is 49.1 Å². The molecule has 2 saturated heterocycles. The molecule has 2 rings (SSSR count). The Labute approximate surface area is 107 Å². The summed E-state index contributed by atoms with van der Waals surface area (Å²) in [6, 6.07) is 0. The van der Waals surface area contributed by atoms with Gasteiger partial charge in [0.05, 0.1) is 0 Å². The summed E-state index contributed by atoms with van der Waals surface area (Å²) in [6.45, 7) is 12.8. The van der Waals surface area contributed by atoms with E-state index >= 15 is 0 Å². The van der Waals surface area contributed by atoms with Crippen LogP contribution < -0.4 is 0 Å². The van der Waals surface area contributed by atoms with Crippen LogP contribution in [0.25, 0.3) is 0 Å². The van der Waals surface area contributed by atoms with E-state index in [4.69, 9.17) is 0 Å². The molecule has 2 heteroatoms. The molecule has 2 fully saturated rings. The molecule has 2 aliphatic heterocycles. The van der Waals surface area contributed by atoms with Crippen molar-refractivity contribution in [2.24, 2.45) is 5.41 Å². The molecular formula is C15H30N2. The van der Waals surface area contributed by atoms with E-state index in [0.29, 0.717) is 5.41 Å². The van der Waals surface area contributed by atoms with Crippen molar-refractivity contribution in [2.45, 2.75) is 52.4 Å². The maximum atomic E-state index is 2.72. The van der Waals surface area contributed by atoms with Crippen LogP contribution in [0.3, 0.4) is 0 Å². The minimum absolute atomic E-state index is 0.708. The lowest BCUT2D eigenvalue weighted by Crippen LogP contribution is -2.57. The topological polar surface area (TPSA) is 6.48 Å². The Balaban J connectivity index is 1.62. The average molecular weight is 238 g/mol. The first kappa shape index (κ1) is 13.4. The van der Waals surface area contributed by atoms with Crippen molar-refractivity contribution in [3.05, 3.63) is 0 Å². The highest BCUT2D eigenvalue weighted by Crippen LogP contribution is 2.39. The van der Waals surface area contributed by atoms with Crippen LogP contribution in [0.1, 0.15) is 52.4 Å². The number of unbranched alkanes of at least 4 members (excludes halogenated alkanes) is 3. The molecule has 0 atom stereocenters. The molecule has 0 unspecified atom stereocenters. The van der Waals surface area contributed by atoms with E-state index in [1.54, 1.807) is 0 Å². The Kier molecular flexibility index (Phi) is 4.87. The summed E-state index contributed by atoms with van der Waals surface area (Å²) in [6.07, 6.45) is 8.35. The summed E-state index contributed by atoms with van der Waals surface area (Å²) in [5.41, 5.74) is 0.708. The van der Waals surface area contributed by atoms with Gasteiger partial charge in [-0.05, 0) is 38.9 Å². The number of rotatable bonds is 7. The van der Waals surface area contributed by atoms with Gasteiger partial charge in [-0.2, -0.15) is 0 Å². The van der Waals surface area contributed by atoms with Gasteiger partial charge >= 0.3 is 0 Å². The van der Waals surface area contributed by atoms with E-state index in [2.05, 4.69) is 23.6 Å². The number of hydrogen-bond donors (Lipinski definition) is 0. The lowest BCUT2D eigenvalue weighted by Gasteiger charge is -2.48. The highest BCUT2D eigenvalue weighted by Gasteiger charge is 2.46. The fourth-order valence-corrected chi connectivity index (χ4v) is 3.50. The number of likely N-dealkylation sites (tertiary alicyclic amines) is 2. The van der Waals surface area contributed by atoms with Crippen LogP contribution in [0.2, 0.25) is 0 Å². The molecule has 0 aromatic rings. The molecule has 0 aromatic carbocycles. The van der Waals surface area contributed by atoms with Gasteiger partial charge in [-0.15, -0.1) is 0 Å². The lowest BCUT2D eigenvalue weighted by atomic mass is 9.79. The van der Waals surface area contributed by atoms with Crippen LogP contribution in [0.4, 0.5) is 0 Å². The molecule has 2 nitrogen and oxygen atoms in total. The molecule has 1 spiro atoms. The van der Waals surface area contributed by atoms with Gasteiger partial charge in [-0.1, -0.05) is 33.1 Å². The predicted octanol–water partition coefficient (Wildman–Crippen LogP) is 2.98. The summed E-state index contributed by atoms with van der Waals surface area (Å²) in [5.74, 6) is 0. The Morgan fingerprint density at radius 3 is 2.18 bits per heavy atom. The second-order valence-corrected chi connectivity index (χ2v) is 6.30. The number of hydrogen-bond acceptors (Lipinski definition) is 2. The predicted molar refractivity (Wildman–Crippen MR) is 74.4 cm³/mol. The molecule has 0 amide bonds. The van der Waals surface area contributed by atoms with Gasteiger partial charge in [0.1, 0.15) is 0 Å². The Bertz CT molecular complexity index is 221. The van der Waals surface area contributed by atoms with Crippen molar-refractivity contribution >= 4 is 0 Å². The van der Waals surface area contributed by atoms with Gasteiger partial charge < -0.3 is 9.80 Å². The molecule has 17 heavy (non-hydrogen) atoms. The first-order valence-corrected chi connectivity index (χ1v) is 7.73. The summed E-state index contributed by atoms with van der Waals surface area (Å²) in [4.78, 5) is 5.38. The van der Waals surface area contributed by atoms with E-state index in [9.17, 15) is 0 Å². The van der Waals surface area contributed by atoms with Crippen molar-refractivity contribution in [2.75, 3.05) is 39.3 Å². The Hall–Kier alpha value is -0.0800. The third-order valence-electron chi connectivity index (χ3n) is 4.54. The number of nitrogens with zero attached hydrogens (tertiary/aromatic N) is 2. The zero-order chi connectivity index (χ0) is 12.1. The van der Waals surface area contributed by atoms with Crippen LogP contribution in [0.5, 0.6) is 0 Å². The molecule has 2 aliphatic rings. The van der Waals surface area contributed by atoms with E-state index in [1.807, 2.05) is 0 Å². The van der Waals surface area contributed by atoms with Crippen molar-refractivity contribution < 1.29 is 0 Å². The third-order valence-corrected chi connectivity index (χ3v) is 4.54. The monoisotopic (exact) mass is 238 g/mol. The van der Waals surface area contributed by atoms with Crippen molar-refractivity contribution in [3.63, 3.8) is 0 Å². The quantitative estimate of drug-likeness (QED) is 0.629. The summed E-state index contributed by atoms with van der Waals surface area (Å²) in [5, 5.41) is 0. The molecule has 0 bridgehead atoms. The minimum Gasteiger partial charge on any atom is -0.303 e. The van der Waals surface area contributed by atoms with Gasteiger partial charge in [-0.25, -0.2) is 0 Å². The van der Waals surface area contributed by atoms with Gasteiger partial charge in [-0.3, -0.25) is 0 Å². The van der Waals surface area contributed by atoms with Gasteiger partial charge in [0.2, 0.25) is 0 Å². The SMILES string of the molecule is CCCCCN1CCC2(C1)CN(CCCC)C2. The van der Waals surface area contributed by atoms with Crippen LogP contribution in [-0.2, 0) is 0 Å². The van der Waals surface area contributed by atoms with E-state index < -0.39 is 0 Å². The Morgan fingerprint density at radius 2 is 1.47 bits per heavy atom. The second kappa shape index (κ2) is 6.19. The van der Waals surface area contributed by atoms with Crippen LogP contribution in [0.15, 0.2) is 0 Å². The largest absolute Gasteiger partial charge is 0.303 e. The van der Waals surface area contributed by atoms with Crippen molar-refractivity contribution in [3.8, 4) is 0 Å². The first-order chi connectivity index (χ1) is 8.28. The smallest absolute Gasteiger partial charge is 0.00969 e. The van der Waals surface area contributed by atoms with E-state index in [1.165, 1.54) is 77.8 Å². The highest BCUT2D eigenvalue weighted by molar-refractivity contribution is 5.01. The molecular weight excluding hydrogens is 208 g/mol. The van der Waals surface area contributed by atoms with Crippen molar-refractivity contribution in [1.82, 2.24) is 9.80 Å². The minimum atomic E-state index is 0.708. The maximum absolute atomic E-state index is 2.72. The molecule has 100 valence electrons. The zero-order valence-corrected chi connectivity index (χ0v) is 11.9. The normalized spacial score (nSPS) is 24.4. The molecule has 0 N–H and O–H groups in total. The molecule has 2 heterocycles. The van der Waals surface area contributed by atoms with Gasteiger partial charge in [0, 0.05) is 25.0 Å². The fraction of sp³-hybridized carbons (Fsp3) is 1.00. The fourth-order valence-electron chi connectivity index (χ4n) is 3.50. The van der Waals surface area contributed by atoms with Crippen LogP contribution in [0, 0.1) is 5.41 Å². The maximum Gasteiger partial charge on any atom is 0.00969 e. The zero-order valence-electron chi connectivity index (χ0n) is 11.9. The lowest BCUT2D eigenvalue weighted by molar-refractivity contribution is 0.00775. The molecule has 0 aliphatic carbocycles. The van der Waals surface area contributed by atoms with Crippen LogP contribution >= 0.6 is 0 Å². The van der Waals surface area contributed by atoms with Gasteiger partial charge in [0.25, 0.3) is 0 Å². The molecule has 0 radical (unpaired) electrons. The molecule has 0 aromatic heterocycles. The van der Waals surface area contributed by atoms with Gasteiger partial charge in [0.15, 0.2) is 0 Å². The van der Waals surface area contributed by atoms with E-state index in [0.717, 1.165) is 0 Å². The summed E-state index contributed by atoms with van der Waals surface area (Å²) < 4.78 is 0. The Morgan fingerprint density at radius 1 is 0.824 bits per heavy atom. The summed E-state index contributed by atoms with van der Waals surface area (Å²) >= 11 is 0. The first-order valence-electron chi connectivity index (χ1n) is 7.73. The van der Waals surface area contributed by atoms with E-state index in [-0.39, 0.29) is 0 Å². The summed E-state index contributed by atoms with van der Waals surface area (Å²) in [7, 11) is 0. The molecule has 0 saturated carbocycles. The third kappa shape index (κ3) is 3.45. The highest BCUT2D eigenvalue weighted by atomic mass is 15.3. The van der Waals surface area contributed by atoms with Crippen molar-refractivity contribution in [1.29, 1.82) is 0 Å². The second-order valence-electron chi connectivity index (χ2n) is 6.30.